The van der Waals surface area contributed by atoms with Crippen LogP contribution in [0.2, 0.25) is 0 Å². The molecular weight excluding hydrogens is 451 g/mol. The van der Waals surface area contributed by atoms with Gasteiger partial charge in [0, 0.05) is 12.3 Å². The first-order chi connectivity index (χ1) is 15.6. The van der Waals surface area contributed by atoms with E-state index < -0.39 is 30.9 Å². The normalized spacial score (nSPS) is 13.7. The van der Waals surface area contributed by atoms with Gasteiger partial charge in [-0.15, -0.1) is 0 Å². The van der Waals surface area contributed by atoms with Gasteiger partial charge in [-0.2, -0.15) is 27.1 Å². The molecule has 2 atom stereocenters. The van der Waals surface area contributed by atoms with Crippen LogP contribution in [0.15, 0.2) is 42.6 Å². The van der Waals surface area contributed by atoms with Gasteiger partial charge < -0.3 is 15.4 Å². The summed E-state index contributed by atoms with van der Waals surface area (Å²) in [7, 11) is 0. The second kappa shape index (κ2) is 10.4. The van der Waals surface area contributed by atoms with Crippen LogP contribution in [0.25, 0.3) is 10.9 Å². The molecule has 2 heterocycles. The van der Waals surface area contributed by atoms with Crippen LogP contribution in [0, 0.1) is 0 Å². The van der Waals surface area contributed by atoms with E-state index in [1.165, 1.54) is 12.3 Å². The number of ether oxygens (including phenoxy) is 1. The molecule has 0 aliphatic heterocycles. The number of nitrogens with one attached hydrogen (secondary N) is 4. The number of alkyl halides is 5. The highest BCUT2D eigenvalue weighted by atomic mass is 19.4. The summed E-state index contributed by atoms with van der Waals surface area (Å²) in [4.78, 5) is 16.5. The molecular formula is C20H21F5N6O2. The van der Waals surface area contributed by atoms with Crippen molar-refractivity contribution in [3.8, 4) is 0 Å². The third-order valence-corrected chi connectivity index (χ3v) is 4.69. The lowest BCUT2D eigenvalue weighted by atomic mass is 10.0. The standard InChI is InChI=1S/C20H21F5N6O2/c1-11(20(23,24)25)27-17-13-10-26-16(9-15(13)30-31-17)29-19(32)28-14(7-8-33-18(21)22)12-5-3-2-4-6-12/h2-6,9-11,14,18H,7-8H2,1H3,(H2,27,30,31)(H2,26,28,29,32). The fourth-order valence-corrected chi connectivity index (χ4v) is 2.97. The molecule has 2 unspecified atom stereocenters. The third-order valence-electron chi connectivity index (χ3n) is 4.69. The zero-order valence-electron chi connectivity index (χ0n) is 17.3. The monoisotopic (exact) mass is 472 g/mol. The Balaban J connectivity index is 1.67. The number of H-pyrrole nitrogens is 1. The summed E-state index contributed by atoms with van der Waals surface area (Å²) in [5.41, 5.74) is 1.04. The molecule has 13 heteroatoms. The number of benzene rings is 1. The van der Waals surface area contributed by atoms with Crippen molar-refractivity contribution in [3.05, 3.63) is 48.2 Å². The van der Waals surface area contributed by atoms with E-state index >= 15 is 0 Å². The van der Waals surface area contributed by atoms with E-state index in [2.05, 4.69) is 35.9 Å². The van der Waals surface area contributed by atoms with Crippen LogP contribution < -0.4 is 16.0 Å². The van der Waals surface area contributed by atoms with Crippen LogP contribution in [-0.2, 0) is 4.74 Å². The number of pyridine rings is 1. The minimum absolute atomic E-state index is 0.0264. The summed E-state index contributed by atoms with van der Waals surface area (Å²) in [6.07, 6.45) is -3.08. The van der Waals surface area contributed by atoms with Crippen LogP contribution in [0.5, 0.6) is 0 Å². The molecule has 0 aliphatic rings. The van der Waals surface area contributed by atoms with Gasteiger partial charge in [0.15, 0.2) is 5.82 Å². The van der Waals surface area contributed by atoms with Gasteiger partial charge in [0.05, 0.1) is 23.6 Å². The van der Waals surface area contributed by atoms with Crippen LogP contribution >= 0.6 is 0 Å². The number of hydrogen-bond donors (Lipinski definition) is 4. The molecule has 0 saturated carbocycles. The maximum Gasteiger partial charge on any atom is 0.408 e. The second-order valence-electron chi connectivity index (χ2n) is 7.08. The van der Waals surface area contributed by atoms with Gasteiger partial charge in [-0.1, -0.05) is 30.3 Å². The number of aromatic nitrogens is 3. The molecule has 3 aromatic rings. The summed E-state index contributed by atoms with van der Waals surface area (Å²) in [5.74, 6) is 0.0798. The number of rotatable bonds is 9. The fourth-order valence-electron chi connectivity index (χ4n) is 2.97. The number of carbonyl (C=O) groups excluding carboxylic acids is 1. The van der Waals surface area contributed by atoms with Gasteiger partial charge in [-0.3, -0.25) is 10.4 Å². The maximum absolute atomic E-state index is 12.8. The van der Waals surface area contributed by atoms with Crippen molar-refractivity contribution in [3.63, 3.8) is 0 Å². The third kappa shape index (κ3) is 6.75. The van der Waals surface area contributed by atoms with Crippen molar-refractivity contribution in [2.24, 2.45) is 0 Å². The smallest absolute Gasteiger partial charge is 0.357 e. The molecule has 0 aliphatic carbocycles. The lowest BCUT2D eigenvalue weighted by Gasteiger charge is -2.19. The zero-order valence-corrected chi connectivity index (χ0v) is 17.3. The fraction of sp³-hybridized carbons (Fsp3) is 0.350. The Labute approximate surface area is 184 Å². The van der Waals surface area contributed by atoms with E-state index in [9.17, 15) is 26.7 Å². The van der Waals surface area contributed by atoms with E-state index in [4.69, 9.17) is 0 Å². The molecule has 0 spiro atoms. The quantitative estimate of drug-likeness (QED) is 0.335. The Hall–Kier alpha value is -3.48. The number of hydrogen-bond acceptors (Lipinski definition) is 5. The van der Waals surface area contributed by atoms with Gasteiger partial charge >= 0.3 is 18.8 Å². The lowest BCUT2D eigenvalue weighted by molar-refractivity contribution is -0.138. The van der Waals surface area contributed by atoms with Gasteiger partial charge in [0.2, 0.25) is 0 Å². The van der Waals surface area contributed by atoms with E-state index in [0.29, 0.717) is 16.5 Å². The highest BCUT2D eigenvalue weighted by molar-refractivity contribution is 5.94. The molecule has 0 radical (unpaired) electrons. The van der Waals surface area contributed by atoms with Gasteiger partial charge in [0.25, 0.3) is 0 Å². The summed E-state index contributed by atoms with van der Waals surface area (Å²) < 4.78 is 67.2. The van der Waals surface area contributed by atoms with Crippen molar-refractivity contribution in [1.82, 2.24) is 20.5 Å². The van der Waals surface area contributed by atoms with Gasteiger partial charge in [-0.05, 0) is 18.9 Å². The second-order valence-corrected chi connectivity index (χ2v) is 7.08. The molecule has 0 fully saturated rings. The Kier molecular flexibility index (Phi) is 7.63. The highest BCUT2D eigenvalue weighted by Crippen LogP contribution is 2.27. The average molecular weight is 472 g/mol. The van der Waals surface area contributed by atoms with Crippen molar-refractivity contribution in [2.45, 2.75) is 38.2 Å². The SMILES string of the molecule is CC(Nc1n[nH]c2cc(NC(=O)NC(CCOC(F)F)c3ccccc3)ncc12)C(F)(F)F. The number of nitrogens with zero attached hydrogens (tertiary/aromatic N) is 2. The molecule has 33 heavy (non-hydrogen) atoms. The van der Waals surface area contributed by atoms with Gasteiger partial charge in [-0.25, -0.2) is 9.78 Å². The first-order valence-electron chi connectivity index (χ1n) is 9.83. The van der Waals surface area contributed by atoms with Crippen LogP contribution in [0.3, 0.4) is 0 Å². The average Bonchev–Trinajstić information content (AvgIpc) is 3.14. The number of aromatic amines is 1. The van der Waals surface area contributed by atoms with E-state index in [1.54, 1.807) is 30.3 Å². The predicted octanol–water partition coefficient (Wildman–Crippen LogP) is 4.81. The maximum atomic E-state index is 12.8. The summed E-state index contributed by atoms with van der Waals surface area (Å²) in [6.45, 7) is -2.23. The summed E-state index contributed by atoms with van der Waals surface area (Å²) >= 11 is 0. The molecule has 2 aromatic heterocycles. The number of carbonyl (C=O) groups is 1. The van der Waals surface area contributed by atoms with Gasteiger partial charge in [0.1, 0.15) is 11.9 Å². The molecule has 0 saturated heterocycles. The number of fused-ring (bicyclic) bond motifs is 1. The first kappa shape index (κ1) is 24.2. The van der Waals surface area contributed by atoms with Crippen molar-refractivity contribution < 1.29 is 31.5 Å². The molecule has 4 N–H and O–H groups in total. The largest absolute Gasteiger partial charge is 0.408 e. The first-order valence-corrected chi connectivity index (χ1v) is 9.83. The van der Waals surface area contributed by atoms with E-state index in [-0.39, 0.29) is 24.7 Å². The number of amides is 2. The minimum atomic E-state index is -4.45. The number of urea groups is 1. The van der Waals surface area contributed by atoms with Crippen LogP contribution in [-0.4, -0.2) is 46.6 Å². The summed E-state index contributed by atoms with van der Waals surface area (Å²) in [6, 6.07) is 7.05. The molecule has 8 nitrogen and oxygen atoms in total. The van der Waals surface area contributed by atoms with Crippen molar-refractivity contribution in [2.75, 3.05) is 17.2 Å². The Bertz CT molecular complexity index is 1060. The van der Waals surface area contributed by atoms with Crippen LogP contribution in [0.1, 0.15) is 24.9 Å². The van der Waals surface area contributed by atoms with E-state index in [0.717, 1.165) is 6.92 Å². The minimum Gasteiger partial charge on any atom is -0.357 e. The molecule has 2 amide bonds. The number of halogens is 5. The molecule has 0 bridgehead atoms. The molecule has 1 aromatic carbocycles. The highest BCUT2D eigenvalue weighted by Gasteiger charge is 2.36. The lowest BCUT2D eigenvalue weighted by Crippen LogP contribution is -2.33. The molecule has 178 valence electrons. The summed E-state index contributed by atoms with van der Waals surface area (Å²) in [5, 5.41) is 14.2. The molecule has 3 rings (SSSR count). The Morgan fingerprint density at radius 1 is 1.21 bits per heavy atom. The Morgan fingerprint density at radius 3 is 2.61 bits per heavy atom. The van der Waals surface area contributed by atoms with E-state index in [1.807, 2.05) is 0 Å². The zero-order chi connectivity index (χ0) is 24.0. The Morgan fingerprint density at radius 2 is 1.94 bits per heavy atom. The topological polar surface area (TPSA) is 104 Å². The number of anilines is 2. The van der Waals surface area contributed by atoms with Crippen molar-refractivity contribution in [1.29, 1.82) is 0 Å². The van der Waals surface area contributed by atoms with Crippen molar-refractivity contribution >= 4 is 28.6 Å². The predicted molar refractivity (Wildman–Crippen MR) is 111 cm³/mol. The van der Waals surface area contributed by atoms with Crippen LogP contribution in [0.4, 0.5) is 38.4 Å².